The van der Waals surface area contributed by atoms with E-state index < -0.39 is 11.7 Å². The number of pyridine rings is 1. The predicted molar refractivity (Wildman–Crippen MR) is 99.1 cm³/mol. The molecule has 0 aliphatic heterocycles. The number of nitrogens with one attached hydrogen (secondary N) is 2. The summed E-state index contributed by atoms with van der Waals surface area (Å²) in [7, 11) is 0. The highest BCUT2D eigenvalue weighted by Gasteiger charge is 2.33. The Labute approximate surface area is 155 Å². The second kappa shape index (κ2) is 9.11. The van der Waals surface area contributed by atoms with E-state index in [0.717, 1.165) is 25.3 Å². The Morgan fingerprint density at radius 2 is 1.96 bits per heavy atom. The van der Waals surface area contributed by atoms with Gasteiger partial charge in [-0.15, -0.1) is 5.11 Å². The van der Waals surface area contributed by atoms with Gasteiger partial charge in [0, 0.05) is 23.9 Å². The molecular formula is C18H21F3N6. The summed E-state index contributed by atoms with van der Waals surface area (Å²) in [4.78, 5) is 8.03. The average Bonchev–Trinajstić information content (AvgIpc) is 2.64. The summed E-state index contributed by atoms with van der Waals surface area (Å²) in [5, 5.41) is 6.17. The van der Waals surface area contributed by atoms with Crippen molar-refractivity contribution in [1.29, 1.82) is 5.53 Å². The van der Waals surface area contributed by atoms with Crippen LogP contribution in [0.5, 0.6) is 0 Å². The van der Waals surface area contributed by atoms with E-state index in [1.54, 1.807) is 12.1 Å². The molecule has 0 unspecified atom stereocenters. The number of benzene rings is 1. The molecule has 0 aliphatic rings. The van der Waals surface area contributed by atoms with Gasteiger partial charge in [-0.1, -0.05) is 38.0 Å². The van der Waals surface area contributed by atoms with Crippen molar-refractivity contribution in [2.45, 2.75) is 32.4 Å². The first-order valence-electron chi connectivity index (χ1n) is 8.49. The zero-order valence-corrected chi connectivity index (χ0v) is 14.8. The maximum absolute atomic E-state index is 13.4. The molecule has 0 saturated carbocycles. The molecule has 144 valence electrons. The largest absolute Gasteiger partial charge is 0.417 e. The van der Waals surface area contributed by atoms with E-state index in [0.29, 0.717) is 12.2 Å². The van der Waals surface area contributed by atoms with Crippen LogP contribution in [-0.4, -0.2) is 17.5 Å². The van der Waals surface area contributed by atoms with E-state index in [1.807, 2.05) is 0 Å². The van der Waals surface area contributed by atoms with Crippen molar-refractivity contribution in [2.24, 2.45) is 15.8 Å². The van der Waals surface area contributed by atoms with Crippen molar-refractivity contribution >= 4 is 17.5 Å². The Kier molecular flexibility index (Phi) is 6.86. The zero-order chi connectivity index (χ0) is 19.9. The Balaban J connectivity index is 2.49. The van der Waals surface area contributed by atoms with Crippen LogP contribution in [0.1, 0.15) is 31.7 Å². The number of anilines is 1. The summed E-state index contributed by atoms with van der Waals surface area (Å²) in [5.41, 5.74) is 12.2. The topological polar surface area (TPSA) is 99.5 Å². The summed E-state index contributed by atoms with van der Waals surface area (Å²) < 4.78 is 40.1. The van der Waals surface area contributed by atoms with Gasteiger partial charge in [-0.25, -0.2) is 10.5 Å². The molecule has 9 heteroatoms. The van der Waals surface area contributed by atoms with Crippen molar-refractivity contribution in [3.05, 3.63) is 42.0 Å². The van der Waals surface area contributed by atoms with Crippen LogP contribution in [0.3, 0.4) is 0 Å². The highest BCUT2D eigenvalue weighted by atomic mass is 19.4. The van der Waals surface area contributed by atoms with Gasteiger partial charge in [0.25, 0.3) is 0 Å². The number of halogens is 3. The molecule has 0 amide bonds. The Morgan fingerprint density at radius 1 is 1.22 bits per heavy atom. The summed E-state index contributed by atoms with van der Waals surface area (Å²) >= 11 is 0. The van der Waals surface area contributed by atoms with Crippen LogP contribution in [0.4, 0.5) is 24.7 Å². The van der Waals surface area contributed by atoms with Gasteiger partial charge in [-0.05, 0) is 18.6 Å². The van der Waals surface area contributed by atoms with Gasteiger partial charge >= 0.3 is 6.18 Å². The van der Waals surface area contributed by atoms with Crippen LogP contribution in [0.2, 0.25) is 0 Å². The molecule has 0 saturated heterocycles. The molecule has 1 heterocycles. The number of aliphatic imine (C=N–C) groups is 1. The average molecular weight is 378 g/mol. The number of nitrogens with two attached hydrogens (primary N) is 1. The molecule has 0 fully saturated rings. The van der Waals surface area contributed by atoms with Gasteiger partial charge in [0.05, 0.1) is 11.3 Å². The lowest BCUT2D eigenvalue weighted by atomic mass is 10.0. The van der Waals surface area contributed by atoms with Crippen molar-refractivity contribution < 1.29 is 13.2 Å². The molecule has 1 aromatic heterocycles. The third-order valence-corrected chi connectivity index (χ3v) is 3.77. The lowest BCUT2D eigenvalue weighted by Gasteiger charge is -2.14. The number of guanidine groups is 1. The Hall–Kier alpha value is -2.97. The fraction of sp³-hybridized carbons (Fsp3) is 0.333. The molecule has 0 radical (unpaired) electrons. The van der Waals surface area contributed by atoms with Crippen molar-refractivity contribution in [1.82, 2.24) is 4.98 Å². The lowest BCUT2D eigenvalue weighted by Crippen LogP contribution is -2.09. The molecule has 2 rings (SSSR count). The standard InChI is InChI=1S/C18H21F3N6/c1-2-3-6-9-24-12-10-15(25-16(11-12)26-17(22)27-23)13-7-4-5-8-14(13)18(19,20)21/h4-5,7-8,10-11,23H,2-3,6,9H2,1H3,(H3,22,24,25,26). The fourth-order valence-electron chi connectivity index (χ4n) is 2.52. The summed E-state index contributed by atoms with van der Waals surface area (Å²) in [6, 6.07) is 8.32. The Morgan fingerprint density at radius 3 is 2.63 bits per heavy atom. The molecular weight excluding hydrogens is 357 g/mol. The number of hydrogen-bond donors (Lipinski definition) is 3. The van der Waals surface area contributed by atoms with E-state index in [1.165, 1.54) is 18.2 Å². The van der Waals surface area contributed by atoms with Crippen LogP contribution >= 0.6 is 0 Å². The van der Waals surface area contributed by atoms with Crippen LogP contribution in [0.15, 0.2) is 46.5 Å². The normalized spacial score (nSPS) is 12.1. The minimum absolute atomic E-state index is 0.0555. The second-order valence-electron chi connectivity index (χ2n) is 5.86. The van der Waals surface area contributed by atoms with Crippen LogP contribution in [0.25, 0.3) is 11.3 Å². The summed E-state index contributed by atoms with van der Waals surface area (Å²) in [5.74, 6) is -0.253. The van der Waals surface area contributed by atoms with Crippen molar-refractivity contribution in [3.8, 4) is 11.3 Å². The van der Waals surface area contributed by atoms with E-state index in [-0.39, 0.29) is 23.0 Å². The van der Waals surface area contributed by atoms with Gasteiger partial charge in [0.2, 0.25) is 5.96 Å². The quantitative estimate of drug-likeness (QED) is 0.262. The van der Waals surface area contributed by atoms with Crippen molar-refractivity contribution in [2.75, 3.05) is 11.9 Å². The Bertz CT molecular complexity index is 817. The fourth-order valence-corrected chi connectivity index (χ4v) is 2.52. The first-order valence-corrected chi connectivity index (χ1v) is 8.49. The maximum atomic E-state index is 13.4. The van der Waals surface area contributed by atoms with Crippen LogP contribution in [0, 0.1) is 5.53 Å². The first-order chi connectivity index (χ1) is 12.8. The number of unbranched alkanes of at least 4 members (excludes halogenated alkanes) is 2. The maximum Gasteiger partial charge on any atom is 0.417 e. The third kappa shape index (κ3) is 5.77. The van der Waals surface area contributed by atoms with E-state index >= 15 is 0 Å². The van der Waals surface area contributed by atoms with Crippen molar-refractivity contribution in [3.63, 3.8) is 0 Å². The smallest absolute Gasteiger partial charge is 0.385 e. The van der Waals surface area contributed by atoms with Gasteiger partial charge in [0.1, 0.15) is 0 Å². The minimum atomic E-state index is -4.51. The van der Waals surface area contributed by atoms with Gasteiger partial charge < -0.3 is 11.1 Å². The summed E-state index contributed by atoms with van der Waals surface area (Å²) in [6.45, 7) is 2.75. The molecule has 0 atom stereocenters. The first kappa shape index (κ1) is 20.3. The van der Waals surface area contributed by atoms with Crippen LogP contribution < -0.4 is 11.1 Å². The molecule has 2 aromatic rings. The van der Waals surface area contributed by atoms with Gasteiger partial charge in [-0.2, -0.15) is 18.2 Å². The van der Waals surface area contributed by atoms with E-state index in [4.69, 9.17) is 11.3 Å². The van der Waals surface area contributed by atoms with Crippen LogP contribution in [-0.2, 0) is 6.18 Å². The van der Waals surface area contributed by atoms with Gasteiger partial charge in [0.15, 0.2) is 5.82 Å². The summed E-state index contributed by atoms with van der Waals surface area (Å²) in [6.07, 6.45) is -1.49. The molecule has 6 nitrogen and oxygen atoms in total. The lowest BCUT2D eigenvalue weighted by molar-refractivity contribution is -0.137. The minimum Gasteiger partial charge on any atom is -0.385 e. The predicted octanol–water partition coefficient (Wildman–Crippen LogP) is 5.35. The number of hydrogen-bond acceptors (Lipinski definition) is 4. The molecule has 0 bridgehead atoms. The molecule has 4 N–H and O–H groups in total. The highest BCUT2D eigenvalue weighted by molar-refractivity contribution is 5.81. The van der Waals surface area contributed by atoms with E-state index in [2.05, 4.69) is 27.3 Å². The second-order valence-corrected chi connectivity index (χ2v) is 5.86. The molecule has 0 aliphatic carbocycles. The number of rotatable bonds is 7. The zero-order valence-electron chi connectivity index (χ0n) is 14.8. The molecule has 1 aromatic carbocycles. The molecule has 27 heavy (non-hydrogen) atoms. The van der Waals surface area contributed by atoms with Gasteiger partial charge in [-0.3, -0.25) is 0 Å². The number of alkyl halides is 3. The molecule has 0 spiro atoms. The number of aromatic nitrogens is 1. The number of nitrogens with zero attached hydrogens (tertiary/aromatic N) is 3. The third-order valence-electron chi connectivity index (χ3n) is 3.77. The monoisotopic (exact) mass is 378 g/mol. The van der Waals surface area contributed by atoms with E-state index in [9.17, 15) is 13.2 Å². The SMILES string of the molecule is CCCCCNc1cc(N=C(N)N=N)nc(-c2ccccc2C(F)(F)F)c1. The highest BCUT2D eigenvalue weighted by Crippen LogP contribution is 2.37.